The Balaban J connectivity index is 2.37. The number of nitrogens with zero attached hydrogens (tertiary/aromatic N) is 2. The minimum absolute atomic E-state index is 0.114. The van der Waals surface area contributed by atoms with Gasteiger partial charge in [-0.3, -0.25) is 16.2 Å². The zero-order chi connectivity index (χ0) is 15.6. The van der Waals surface area contributed by atoms with Crippen molar-refractivity contribution in [3.63, 3.8) is 0 Å². The number of rotatable bonds is 3. The van der Waals surface area contributed by atoms with E-state index in [-0.39, 0.29) is 11.6 Å². The van der Waals surface area contributed by atoms with E-state index in [9.17, 15) is 13.2 Å². The lowest BCUT2D eigenvalue weighted by atomic mass is 9.92. The Morgan fingerprint density at radius 1 is 1.24 bits per heavy atom. The van der Waals surface area contributed by atoms with Crippen LogP contribution in [0.3, 0.4) is 0 Å². The van der Waals surface area contributed by atoms with E-state index in [4.69, 9.17) is 5.84 Å². The van der Waals surface area contributed by atoms with Crippen LogP contribution >= 0.6 is 0 Å². The molecule has 1 aromatic carbocycles. The summed E-state index contributed by atoms with van der Waals surface area (Å²) in [5.41, 5.74) is 2.15. The van der Waals surface area contributed by atoms with Gasteiger partial charge < -0.3 is 4.90 Å². The Morgan fingerprint density at radius 3 is 2.52 bits per heavy atom. The average molecular weight is 302 g/mol. The molecule has 1 aliphatic rings. The monoisotopic (exact) mass is 302 g/mol. The van der Waals surface area contributed by atoms with Crippen molar-refractivity contribution < 1.29 is 13.2 Å². The molecule has 21 heavy (non-hydrogen) atoms. The highest BCUT2D eigenvalue weighted by Gasteiger charge is 2.38. The largest absolute Gasteiger partial charge is 0.416 e. The van der Waals surface area contributed by atoms with Crippen LogP contribution < -0.4 is 11.3 Å². The molecule has 0 aromatic heterocycles. The first-order valence-electron chi connectivity index (χ1n) is 6.85. The zero-order valence-electron chi connectivity index (χ0n) is 12.2. The van der Waals surface area contributed by atoms with Crippen molar-refractivity contribution in [2.45, 2.75) is 18.3 Å². The summed E-state index contributed by atoms with van der Waals surface area (Å²) in [5.74, 6) is 5.59. The topological polar surface area (TPSA) is 44.5 Å². The SMILES string of the molecule is CN1CCN(C)C(C(NN)c2ccccc2C(F)(F)F)C1. The molecular formula is C14H21F3N4. The van der Waals surface area contributed by atoms with Crippen LogP contribution in [0.4, 0.5) is 13.2 Å². The van der Waals surface area contributed by atoms with Crippen LogP contribution in [0.1, 0.15) is 17.2 Å². The van der Waals surface area contributed by atoms with Gasteiger partial charge >= 0.3 is 6.18 Å². The lowest BCUT2D eigenvalue weighted by Gasteiger charge is -2.42. The van der Waals surface area contributed by atoms with Crippen molar-refractivity contribution in [1.29, 1.82) is 0 Å². The molecule has 1 saturated heterocycles. The first-order valence-corrected chi connectivity index (χ1v) is 6.85. The normalized spacial score (nSPS) is 23.2. The number of piperazine rings is 1. The molecule has 0 saturated carbocycles. The zero-order valence-corrected chi connectivity index (χ0v) is 12.2. The van der Waals surface area contributed by atoms with Crippen LogP contribution in [0.25, 0.3) is 0 Å². The molecule has 2 atom stereocenters. The van der Waals surface area contributed by atoms with Gasteiger partial charge in [0.2, 0.25) is 0 Å². The van der Waals surface area contributed by atoms with Gasteiger partial charge in [0.15, 0.2) is 0 Å². The second kappa shape index (κ2) is 6.31. The Labute approximate surface area is 122 Å². The number of likely N-dealkylation sites (N-methyl/N-ethyl adjacent to an activating group) is 2. The average Bonchev–Trinajstić information content (AvgIpc) is 2.43. The van der Waals surface area contributed by atoms with E-state index in [0.717, 1.165) is 19.2 Å². The molecule has 0 bridgehead atoms. The highest BCUT2D eigenvalue weighted by Crippen LogP contribution is 2.36. The highest BCUT2D eigenvalue weighted by atomic mass is 19.4. The van der Waals surface area contributed by atoms with Crippen LogP contribution in [0, 0.1) is 0 Å². The van der Waals surface area contributed by atoms with Crippen LogP contribution in [0.5, 0.6) is 0 Å². The fourth-order valence-corrected chi connectivity index (χ4v) is 2.84. The third-order valence-electron chi connectivity index (χ3n) is 4.06. The first-order chi connectivity index (χ1) is 9.84. The number of benzene rings is 1. The first kappa shape index (κ1) is 16.2. The number of halogens is 3. The molecule has 1 aromatic rings. The molecule has 0 amide bonds. The van der Waals surface area contributed by atoms with Crippen molar-refractivity contribution in [2.24, 2.45) is 5.84 Å². The van der Waals surface area contributed by atoms with Crippen molar-refractivity contribution in [3.8, 4) is 0 Å². The van der Waals surface area contributed by atoms with Crippen LogP contribution in [0.2, 0.25) is 0 Å². The van der Waals surface area contributed by atoms with E-state index in [0.29, 0.717) is 6.54 Å². The fourth-order valence-electron chi connectivity index (χ4n) is 2.84. The number of hydrazine groups is 1. The molecule has 0 spiro atoms. The second-order valence-corrected chi connectivity index (χ2v) is 5.54. The van der Waals surface area contributed by atoms with E-state index in [1.54, 1.807) is 6.07 Å². The van der Waals surface area contributed by atoms with E-state index in [1.807, 2.05) is 14.1 Å². The fraction of sp³-hybridized carbons (Fsp3) is 0.571. The summed E-state index contributed by atoms with van der Waals surface area (Å²) in [7, 11) is 3.88. The number of hydrogen-bond acceptors (Lipinski definition) is 4. The summed E-state index contributed by atoms with van der Waals surface area (Å²) >= 11 is 0. The lowest BCUT2D eigenvalue weighted by Crippen LogP contribution is -2.56. The van der Waals surface area contributed by atoms with Gasteiger partial charge in [0.25, 0.3) is 0 Å². The summed E-state index contributed by atoms with van der Waals surface area (Å²) in [5, 5.41) is 0. The highest BCUT2D eigenvalue weighted by molar-refractivity contribution is 5.33. The van der Waals surface area contributed by atoms with Gasteiger partial charge in [-0.15, -0.1) is 0 Å². The Kier molecular flexibility index (Phi) is 4.88. The van der Waals surface area contributed by atoms with E-state index >= 15 is 0 Å². The Bertz CT molecular complexity index is 478. The van der Waals surface area contributed by atoms with E-state index in [2.05, 4.69) is 15.2 Å². The molecule has 2 rings (SSSR count). The number of hydrogen-bond donors (Lipinski definition) is 2. The van der Waals surface area contributed by atoms with Crippen molar-refractivity contribution in [3.05, 3.63) is 35.4 Å². The number of alkyl halides is 3. The molecule has 0 radical (unpaired) electrons. The van der Waals surface area contributed by atoms with E-state index < -0.39 is 17.8 Å². The van der Waals surface area contributed by atoms with Crippen molar-refractivity contribution in [1.82, 2.24) is 15.2 Å². The minimum Gasteiger partial charge on any atom is -0.303 e. The summed E-state index contributed by atoms with van der Waals surface area (Å²) in [6.07, 6.45) is -4.38. The quantitative estimate of drug-likeness (QED) is 0.655. The van der Waals surface area contributed by atoms with Gasteiger partial charge in [0.05, 0.1) is 11.6 Å². The van der Waals surface area contributed by atoms with Crippen LogP contribution in [-0.2, 0) is 6.18 Å². The van der Waals surface area contributed by atoms with Gasteiger partial charge in [-0.2, -0.15) is 13.2 Å². The Morgan fingerprint density at radius 2 is 1.90 bits per heavy atom. The van der Waals surface area contributed by atoms with Crippen LogP contribution in [-0.4, -0.2) is 49.6 Å². The molecular weight excluding hydrogens is 281 g/mol. The Hall–Kier alpha value is -1.15. The van der Waals surface area contributed by atoms with Crippen molar-refractivity contribution in [2.75, 3.05) is 33.7 Å². The lowest BCUT2D eigenvalue weighted by molar-refractivity contribution is -0.138. The smallest absolute Gasteiger partial charge is 0.303 e. The molecule has 118 valence electrons. The van der Waals surface area contributed by atoms with E-state index in [1.165, 1.54) is 12.1 Å². The van der Waals surface area contributed by atoms with Crippen LogP contribution in [0.15, 0.2) is 24.3 Å². The van der Waals surface area contributed by atoms with Gasteiger partial charge in [-0.05, 0) is 25.7 Å². The molecule has 1 aliphatic heterocycles. The summed E-state index contributed by atoms with van der Waals surface area (Å²) < 4.78 is 39.6. The molecule has 1 heterocycles. The maximum Gasteiger partial charge on any atom is 0.416 e. The van der Waals surface area contributed by atoms with Gasteiger partial charge in [0, 0.05) is 25.7 Å². The maximum atomic E-state index is 13.2. The molecule has 3 N–H and O–H groups in total. The predicted octanol–water partition coefficient (Wildman–Crippen LogP) is 1.46. The third kappa shape index (κ3) is 3.55. The molecule has 1 fully saturated rings. The minimum atomic E-state index is -4.38. The second-order valence-electron chi connectivity index (χ2n) is 5.54. The van der Waals surface area contributed by atoms with Gasteiger partial charge in [-0.1, -0.05) is 18.2 Å². The molecule has 7 heteroatoms. The summed E-state index contributed by atoms with van der Waals surface area (Å²) in [4.78, 5) is 4.16. The maximum absolute atomic E-state index is 13.2. The number of nitrogens with two attached hydrogens (primary N) is 1. The molecule has 4 nitrogen and oxygen atoms in total. The van der Waals surface area contributed by atoms with Gasteiger partial charge in [-0.25, -0.2) is 0 Å². The standard InChI is InChI=1S/C14H21F3N4/c1-20-7-8-21(2)12(9-20)13(19-18)10-5-3-4-6-11(10)14(15,16)17/h3-6,12-13,19H,7-9,18H2,1-2H3. The third-order valence-corrected chi connectivity index (χ3v) is 4.06. The number of nitrogens with one attached hydrogen (secondary N) is 1. The summed E-state index contributed by atoms with van der Waals surface area (Å²) in [6.45, 7) is 2.36. The predicted molar refractivity (Wildman–Crippen MR) is 75.4 cm³/mol. The summed E-state index contributed by atoms with van der Waals surface area (Å²) in [6, 6.07) is 4.92. The molecule has 2 unspecified atom stereocenters. The van der Waals surface area contributed by atoms with Crippen molar-refractivity contribution >= 4 is 0 Å². The van der Waals surface area contributed by atoms with Gasteiger partial charge in [0.1, 0.15) is 0 Å². The molecule has 0 aliphatic carbocycles.